The first-order valence-electron chi connectivity index (χ1n) is 7.91. The van der Waals surface area contributed by atoms with Crippen molar-refractivity contribution in [3.8, 4) is 17.0 Å². The van der Waals surface area contributed by atoms with E-state index in [1.165, 1.54) is 30.2 Å². The number of anilines is 1. The van der Waals surface area contributed by atoms with Gasteiger partial charge in [0.05, 0.1) is 5.69 Å². The zero-order chi connectivity index (χ0) is 16.9. The lowest BCUT2D eigenvalue weighted by Gasteiger charge is -2.09. The number of ether oxygens (including phenoxy) is 1. The number of rotatable bonds is 6. The number of carbonyl (C=O) groups is 1. The first kappa shape index (κ1) is 16.8. The van der Waals surface area contributed by atoms with Crippen molar-refractivity contribution in [2.45, 2.75) is 38.7 Å². The number of aromatic nitrogens is 1. The van der Waals surface area contributed by atoms with Gasteiger partial charge in [-0.25, -0.2) is 4.98 Å². The Balaban J connectivity index is 1.68. The third-order valence-electron chi connectivity index (χ3n) is 4.08. The molecular formula is C17H18F2N2O2S. The van der Waals surface area contributed by atoms with Crippen molar-refractivity contribution in [3.05, 3.63) is 29.6 Å². The number of amides is 1. The lowest BCUT2D eigenvalue weighted by Crippen LogP contribution is -2.14. The standard InChI is InChI=1S/C17H18F2N2O2S/c18-16(19)23-14-8-4-3-7-12(14)13-10-24-17(20-13)21-15(22)9-11-5-1-2-6-11/h3-4,7-8,10-11,16H,1-2,5-6,9H2,(H,20,21,22). The van der Waals surface area contributed by atoms with Gasteiger partial charge in [0.1, 0.15) is 5.75 Å². The highest BCUT2D eigenvalue weighted by molar-refractivity contribution is 7.14. The summed E-state index contributed by atoms with van der Waals surface area (Å²) in [5, 5.41) is 4.99. The zero-order valence-electron chi connectivity index (χ0n) is 13.0. The maximum atomic E-state index is 12.5. The van der Waals surface area contributed by atoms with Crippen LogP contribution in [0.2, 0.25) is 0 Å². The number of carbonyl (C=O) groups excluding carboxylic acids is 1. The molecule has 4 nitrogen and oxygen atoms in total. The monoisotopic (exact) mass is 352 g/mol. The summed E-state index contributed by atoms with van der Waals surface area (Å²) in [7, 11) is 0. The number of alkyl halides is 2. The fourth-order valence-electron chi connectivity index (χ4n) is 2.98. The second kappa shape index (κ2) is 7.70. The van der Waals surface area contributed by atoms with Gasteiger partial charge < -0.3 is 10.1 Å². The summed E-state index contributed by atoms with van der Waals surface area (Å²) >= 11 is 1.27. The van der Waals surface area contributed by atoms with Crippen LogP contribution in [-0.2, 0) is 4.79 Å². The van der Waals surface area contributed by atoms with Crippen molar-refractivity contribution in [2.75, 3.05) is 5.32 Å². The minimum atomic E-state index is -2.89. The van der Waals surface area contributed by atoms with E-state index in [2.05, 4.69) is 15.0 Å². The van der Waals surface area contributed by atoms with E-state index in [1.54, 1.807) is 23.6 Å². The van der Waals surface area contributed by atoms with Crippen LogP contribution in [0.4, 0.5) is 13.9 Å². The van der Waals surface area contributed by atoms with Crippen molar-refractivity contribution < 1.29 is 18.3 Å². The Morgan fingerprint density at radius 2 is 2.08 bits per heavy atom. The quantitative estimate of drug-likeness (QED) is 0.802. The van der Waals surface area contributed by atoms with Crippen molar-refractivity contribution in [1.29, 1.82) is 0 Å². The van der Waals surface area contributed by atoms with Crippen molar-refractivity contribution >= 4 is 22.4 Å². The molecule has 1 aromatic carbocycles. The molecule has 3 rings (SSSR count). The zero-order valence-corrected chi connectivity index (χ0v) is 13.8. The van der Waals surface area contributed by atoms with E-state index >= 15 is 0 Å². The molecule has 1 heterocycles. The van der Waals surface area contributed by atoms with Crippen molar-refractivity contribution in [3.63, 3.8) is 0 Å². The maximum Gasteiger partial charge on any atom is 0.387 e. The first-order chi connectivity index (χ1) is 11.6. The Hall–Kier alpha value is -2.02. The summed E-state index contributed by atoms with van der Waals surface area (Å²) in [5.74, 6) is 0.492. The number of halogens is 2. The molecule has 1 aliphatic carbocycles. The van der Waals surface area contributed by atoms with E-state index in [9.17, 15) is 13.6 Å². The molecule has 2 aromatic rings. The van der Waals surface area contributed by atoms with Gasteiger partial charge in [-0.1, -0.05) is 25.0 Å². The van der Waals surface area contributed by atoms with Crippen LogP contribution >= 0.6 is 11.3 Å². The van der Waals surface area contributed by atoms with Gasteiger partial charge in [-0.2, -0.15) is 8.78 Å². The summed E-state index contributed by atoms with van der Waals surface area (Å²) in [6.07, 6.45) is 5.12. The summed E-state index contributed by atoms with van der Waals surface area (Å²) in [6.45, 7) is -2.89. The molecule has 0 bridgehead atoms. The van der Waals surface area contributed by atoms with E-state index in [4.69, 9.17) is 0 Å². The lowest BCUT2D eigenvalue weighted by atomic mass is 10.0. The summed E-state index contributed by atoms with van der Waals surface area (Å²) < 4.78 is 29.5. The van der Waals surface area contributed by atoms with Crippen LogP contribution in [0.5, 0.6) is 5.75 Å². The largest absolute Gasteiger partial charge is 0.434 e. The van der Waals surface area contributed by atoms with E-state index in [0.29, 0.717) is 28.7 Å². The average molecular weight is 352 g/mol. The molecule has 0 saturated heterocycles. The number of benzene rings is 1. The molecule has 0 unspecified atom stereocenters. The highest BCUT2D eigenvalue weighted by atomic mass is 32.1. The van der Waals surface area contributed by atoms with Crippen LogP contribution in [0.3, 0.4) is 0 Å². The number of hydrogen-bond acceptors (Lipinski definition) is 4. The third kappa shape index (κ3) is 4.29. The first-order valence-corrected chi connectivity index (χ1v) is 8.79. The van der Waals surface area contributed by atoms with Gasteiger partial charge in [-0.15, -0.1) is 11.3 Å². The Labute approximate surface area is 142 Å². The molecule has 1 aliphatic rings. The summed E-state index contributed by atoms with van der Waals surface area (Å²) in [5.41, 5.74) is 0.984. The second-order valence-corrected chi connectivity index (χ2v) is 6.67. The van der Waals surface area contributed by atoms with Gasteiger partial charge >= 0.3 is 6.61 Å². The SMILES string of the molecule is O=C(CC1CCCC1)Nc1nc(-c2ccccc2OC(F)F)cs1. The molecule has 1 aromatic heterocycles. The van der Waals surface area contributed by atoms with Crippen LogP contribution in [-0.4, -0.2) is 17.5 Å². The smallest absolute Gasteiger partial charge is 0.387 e. The molecule has 0 atom stereocenters. The van der Waals surface area contributed by atoms with Crippen molar-refractivity contribution in [2.24, 2.45) is 5.92 Å². The number of nitrogens with zero attached hydrogens (tertiary/aromatic N) is 1. The Morgan fingerprint density at radius 1 is 1.33 bits per heavy atom. The van der Waals surface area contributed by atoms with Crippen LogP contribution in [0, 0.1) is 5.92 Å². The van der Waals surface area contributed by atoms with Gasteiger partial charge in [0, 0.05) is 17.4 Å². The molecule has 0 spiro atoms. The lowest BCUT2D eigenvalue weighted by molar-refractivity contribution is -0.117. The van der Waals surface area contributed by atoms with Crippen LogP contribution < -0.4 is 10.1 Å². The van der Waals surface area contributed by atoms with Crippen LogP contribution in [0.15, 0.2) is 29.6 Å². The molecule has 1 amide bonds. The van der Waals surface area contributed by atoms with Gasteiger partial charge in [-0.05, 0) is 30.9 Å². The molecule has 1 saturated carbocycles. The molecule has 7 heteroatoms. The minimum Gasteiger partial charge on any atom is -0.434 e. The molecular weight excluding hydrogens is 334 g/mol. The Kier molecular flexibility index (Phi) is 5.40. The highest BCUT2D eigenvalue weighted by Crippen LogP contribution is 2.33. The number of hydrogen-bond donors (Lipinski definition) is 1. The fraction of sp³-hybridized carbons (Fsp3) is 0.412. The summed E-state index contributed by atoms with van der Waals surface area (Å²) in [4.78, 5) is 16.4. The topological polar surface area (TPSA) is 51.2 Å². The van der Waals surface area contributed by atoms with Crippen LogP contribution in [0.25, 0.3) is 11.3 Å². The van der Waals surface area contributed by atoms with E-state index in [-0.39, 0.29) is 11.7 Å². The number of para-hydroxylation sites is 1. The predicted molar refractivity (Wildman–Crippen MR) is 89.4 cm³/mol. The summed E-state index contributed by atoms with van der Waals surface area (Å²) in [6, 6.07) is 6.49. The second-order valence-electron chi connectivity index (χ2n) is 5.82. The molecule has 1 fully saturated rings. The van der Waals surface area contributed by atoms with Crippen molar-refractivity contribution in [1.82, 2.24) is 4.98 Å². The molecule has 24 heavy (non-hydrogen) atoms. The minimum absolute atomic E-state index is 0.0417. The van der Waals surface area contributed by atoms with E-state index < -0.39 is 6.61 Å². The van der Waals surface area contributed by atoms with E-state index in [0.717, 1.165) is 12.8 Å². The van der Waals surface area contributed by atoms with Gasteiger partial charge in [0.2, 0.25) is 5.91 Å². The normalized spacial score (nSPS) is 15.0. The average Bonchev–Trinajstić information content (AvgIpc) is 3.19. The highest BCUT2D eigenvalue weighted by Gasteiger charge is 2.19. The maximum absolute atomic E-state index is 12.5. The Bertz CT molecular complexity index is 699. The fourth-order valence-corrected chi connectivity index (χ4v) is 3.71. The third-order valence-corrected chi connectivity index (χ3v) is 4.84. The number of nitrogens with one attached hydrogen (secondary N) is 1. The number of thiazole rings is 1. The Morgan fingerprint density at radius 3 is 2.83 bits per heavy atom. The molecule has 128 valence electrons. The molecule has 0 aliphatic heterocycles. The predicted octanol–water partition coefficient (Wildman–Crippen LogP) is 4.93. The van der Waals surface area contributed by atoms with Gasteiger partial charge in [0.25, 0.3) is 0 Å². The molecule has 1 N–H and O–H groups in total. The molecule has 0 radical (unpaired) electrons. The van der Waals surface area contributed by atoms with Crippen LogP contribution in [0.1, 0.15) is 32.1 Å². The van der Waals surface area contributed by atoms with E-state index in [1.807, 2.05) is 0 Å². The van der Waals surface area contributed by atoms with Gasteiger partial charge in [0.15, 0.2) is 5.13 Å². The van der Waals surface area contributed by atoms with Gasteiger partial charge in [-0.3, -0.25) is 4.79 Å².